The zero-order valence-corrected chi connectivity index (χ0v) is 24.5. The minimum absolute atomic E-state index is 0.600. The average Bonchev–Trinajstić information content (AvgIpc) is 3.56. The van der Waals surface area contributed by atoms with Crippen molar-refractivity contribution in [2.24, 2.45) is 0 Å². The monoisotopic (exact) mass is 579 g/mol. The molecule has 0 fully saturated rings. The summed E-state index contributed by atoms with van der Waals surface area (Å²) in [4.78, 5) is 9.62. The summed E-state index contributed by atoms with van der Waals surface area (Å²) in [6.07, 6.45) is 0. The molecule has 0 bridgehead atoms. The summed E-state index contributed by atoms with van der Waals surface area (Å²) < 4.78 is 6.61. The fourth-order valence-electron chi connectivity index (χ4n) is 5.98. The fourth-order valence-corrected chi connectivity index (χ4v) is 5.98. The zero-order valence-electron chi connectivity index (χ0n) is 24.5. The molecule has 4 nitrogen and oxygen atoms in total. The Morgan fingerprint density at radius 3 is 1.38 bits per heavy atom. The topological polar surface area (TPSA) is 32.5 Å². The summed E-state index contributed by atoms with van der Waals surface area (Å²) in [6, 6.07) is 60.8. The van der Waals surface area contributed by atoms with Crippen molar-refractivity contribution in [3.63, 3.8) is 0 Å². The van der Waals surface area contributed by atoms with Crippen molar-refractivity contribution in [1.29, 1.82) is 0 Å². The Morgan fingerprint density at radius 1 is 0.400 bits per heavy atom. The Bertz CT molecular complexity index is 2120. The number of anilines is 6. The third-order valence-electron chi connectivity index (χ3n) is 8.03. The molecule has 8 aromatic rings. The maximum atomic E-state index is 6.61. The number of rotatable bonds is 7. The smallest absolute Gasteiger partial charge is 0.227 e. The first-order chi connectivity index (χ1) is 22.3. The molecule has 0 saturated carbocycles. The molecule has 0 radical (unpaired) electrons. The van der Waals surface area contributed by atoms with Crippen molar-refractivity contribution >= 4 is 56.0 Å². The van der Waals surface area contributed by atoms with Crippen LogP contribution in [0.2, 0.25) is 0 Å². The highest BCUT2D eigenvalue weighted by molar-refractivity contribution is 6.13. The SMILES string of the molecule is c1ccc(-c2nc3cc(N(c4ccccc4)c4ccccc4)c4ccc(N(c5ccccc5)c5ccccc5)cc4c3o2)cc1. The number of hydrogen-bond donors (Lipinski definition) is 0. The summed E-state index contributed by atoms with van der Waals surface area (Å²) in [5.74, 6) is 0.600. The first kappa shape index (κ1) is 26.5. The Kier molecular flexibility index (Phi) is 6.78. The van der Waals surface area contributed by atoms with Gasteiger partial charge in [0.2, 0.25) is 5.89 Å². The molecule has 0 aliphatic carbocycles. The Hall–Kier alpha value is -6.13. The van der Waals surface area contributed by atoms with Gasteiger partial charge in [0, 0.05) is 44.8 Å². The van der Waals surface area contributed by atoms with E-state index in [4.69, 9.17) is 9.40 Å². The van der Waals surface area contributed by atoms with Crippen LogP contribution in [0.4, 0.5) is 34.1 Å². The number of nitrogens with zero attached hydrogens (tertiary/aromatic N) is 3. The van der Waals surface area contributed by atoms with Crippen molar-refractivity contribution in [1.82, 2.24) is 4.98 Å². The summed E-state index contributed by atoms with van der Waals surface area (Å²) >= 11 is 0. The van der Waals surface area contributed by atoms with Crippen LogP contribution in [0.15, 0.2) is 180 Å². The first-order valence-corrected chi connectivity index (χ1v) is 15.1. The van der Waals surface area contributed by atoms with Gasteiger partial charge in [-0.1, -0.05) is 97.1 Å². The summed E-state index contributed by atoms with van der Waals surface area (Å²) in [5, 5.41) is 2.05. The molecule has 0 amide bonds. The molecule has 214 valence electrons. The molecule has 1 aromatic heterocycles. The van der Waals surface area contributed by atoms with Crippen LogP contribution in [0, 0.1) is 0 Å². The number of fused-ring (bicyclic) bond motifs is 3. The minimum atomic E-state index is 0.600. The van der Waals surface area contributed by atoms with Crippen molar-refractivity contribution in [2.45, 2.75) is 0 Å². The zero-order chi connectivity index (χ0) is 30.0. The van der Waals surface area contributed by atoms with Crippen molar-refractivity contribution in [3.8, 4) is 11.5 Å². The van der Waals surface area contributed by atoms with E-state index in [0.717, 1.165) is 61.6 Å². The van der Waals surface area contributed by atoms with E-state index in [1.54, 1.807) is 0 Å². The largest absolute Gasteiger partial charge is 0.435 e. The van der Waals surface area contributed by atoms with Gasteiger partial charge in [0.25, 0.3) is 0 Å². The van der Waals surface area contributed by atoms with Crippen LogP contribution < -0.4 is 9.80 Å². The Balaban J connectivity index is 1.42. The molecule has 7 aromatic carbocycles. The van der Waals surface area contributed by atoms with Gasteiger partial charge in [-0.2, -0.15) is 0 Å². The molecule has 0 unspecified atom stereocenters. The highest BCUT2D eigenvalue weighted by Crippen LogP contribution is 2.45. The molecule has 0 saturated heterocycles. The third-order valence-corrected chi connectivity index (χ3v) is 8.03. The second kappa shape index (κ2) is 11.5. The summed E-state index contributed by atoms with van der Waals surface area (Å²) in [6.45, 7) is 0. The quantitative estimate of drug-likeness (QED) is 0.188. The molecular weight excluding hydrogens is 550 g/mol. The van der Waals surface area contributed by atoms with Gasteiger partial charge in [-0.25, -0.2) is 4.98 Å². The first-order valence-electron chi connectivity index (χ1n) is 15.1. The number of para-hydroxylation sites is 4. The van der Waals surface area contributed by atoms with Gasteiger partial charge >= 0.3 is 0 Å². The van der Waals surface area contributed by atoms with E-state index in [0.29, 0.717) is 5.89 Å². The Labute approximate surface area is 262 Å². The predicted octanol–water partition coefficient (Wildman–Crippen LogP) is 11.6. The fraction of sp³-hybridized carbons (Fsp3) is 0. The molecular formula is C41H29N3O. The minimum Gasteiger partial charge on any atom is -0.435 e. The van der Waals surface area contributed by atoms with Crippen molar-refractivity contribution < 1.29 is 4.42 Å². The lowest BCUT2D eigenvalue weighted by Crippen LogP contribution is -2.11. The van der Waals surface area contributed by atoms with E-state index < -0.39 is 0 Å². The number of oxazole rings is 1. The normalized spacial score (nSPS) is 11.1. The average molecular weight is 580 g/mol. The van der Waals surface area contributed by atoms with Crippen LogP contribution in [0.3, 0.4) is 0 Å². The van der Waals surface area contributed by atoms with Crippen LogP contribution >= 0.6 is 0 Å². The molecule has 45 heavy (non-hydrogen) atoms. The molecule has 0 aliphatic rings. The van der Waals surface area contributed by atoms with E-state index >= 15 is 0 Å². The summed E-state index contributed by atoms with van der Waals surface area (Å²) in [5.41, 5.74) is 8.85. The van der Waals surface area contributed by atoms with E-state index in [-0.39, 0.29) is 0 Å². The standard InChI is InChI=1S/C41H29N3O/c1-6-16-30(17-7-1)41-42-38-29-39(44(33-22-12-4-13-23-33)34-24-14-5-15-25-34)36-27-26-35(28-37(36)40(38)45-41)43(31-18-8-2-9-19-31)32-20-10-3-11-21-32/h1-29H. The molecule has 4 heteroatoms. The third kappa shape index (κ3) is 4.98. The maximum absolute atomic E-state index is 6.61. The van der Waals surface area contributed by atoms with Crippen LogP contribution in [-0.2, 0) is 0 Å². The van der Waals surface area contributed by atoms with E-state index in [1.165, 1.54) is 0 Å². The Morgan fingerprint density at radius 2 is 0.867 bits per heavy atom. The van der Waals surface area contributed by atoms with E-state index in [1.807, 2.05) is 54.6 Å². The molecule has 0 N–H and O–H groups in total. The lowest BCUT2D eigenvalue weighted by atomic mass is 10.0. The van der Waals surface area contributed by atoms with Gasteiger partial charge in [0.05, 0.1) is 5.69 Å². The number of benzene rings is 7. The van der Waals surface area contributed by atoms with Crippen LogP contribution in [0.25, 0.3) is 33.3 Å². The number of aromatic nitrogens is 1. The molecule has 0 aliphatic heterocycles. The lowest BCUT2D eigenvalue weighted by Gasteiger charge is -2.28. The molecule has 1 heterocycles. The number of hydrogen-bond acceptors (Lipinski definition) is 4. The summed E-state index contributed by atoms with van der Waals surface area (Å²) in [7, 11) is 0. The second-order valence-electron chi connectivity index (χ2n) is 10.9. The highest BCUT2D eigenvalue weighted by atomic mass is 16.3. The van der Waals surface area contributed by atoms with Crippen molar-refractivity contribution in [3.05, 3.63) is 176 Å². The lowest BCUT2D eigenvalue weighted by molar-refractivity contribution is 0.623. The van der Waals surface area contributed by atoms with E-state index in [2.05, 4.69) is 131 Å². The van der Waals surface area contributed by atoms with Gasteiger partial charge in [-0.3, -0.25) is 0 Å². The van der Waals surface area contributed by atoms with Crippen LogP contribution in [0.1, 0.15) is 0 Å². The molecule has 0 spiro atoms. The predicted molar refractivity (Wildman–Crippen MR) is 186 cm³/mol. The second-order valence-corrected chi connectivity index (χ2v) is 10.9. The van der Waals surface area contributed by atoms with Gasteiger partial charge in [-0.05, 0) is 78.9 Å². The van der Waals surface area contributed by atoms with Gasteiger partial charge in [0.1, 0.15) is 5.52 Å². The maximum Gasteiger partial charge on any atom is 0.227 e. The van der Waals surface area contributed by atoms with E-state index in [9.17, 15) is 0 Å². The van der Waals surface area contributed by atoms with Crippen LogP contribution in [0.5, 0.6) is 0 Å². The van der Waals surface area contributed by atoms with Crippen LogP contribution in [-0.4, -0.2) is 4.98 Å². The van der Waals surface area contributed by atoms with Gasteiger partial charge < -0.3 is 14.2 Å². The highest BCUT2D eigenvalue weighted by Gasteiger charge is 2.22. The molecule has 8 rings (SSSR count). The van der Waals surface area contributed by atoms with Gasteiger partial charge in [-0.15, -0.1) is 0 Å². The van der Waals surface area contributed by atoms with Crippen molar-refractivity contribution in [2.75, 3.05) is 9.80 Å². The van der Waals surface area contributed by atoms with Gasteiger partial charge in [0.15, 0.2) is 5.58 Å². The molecule has 0 atom stereocenters.